The number of hydrogen-bond acceptors (Lipinski definition) is 5. The number of ether oxygens (including phenoxy) is 2. The fourth-order valence-electron chi connectivity index (χ4n) is 2.29. The van der Waals surface area contributed by atoms with Gasteiger partial charge in [-0.3, -0.25) is 4.79 Å². The monoisotopic (exact) mass is 358 g/mol. The smallest absolute Gasteiger partial charge is 0.344 e. The number of benzene rings is 2. The van der Waals surface area contributed by atoms with E-state index in [1.807, 2.05) is 25.1 Å². The van der Waals surface area contributed by atoms with E-state index in [2.05, 4.69) is 0 Å². The number of rotatable bonds is 6. The maximum atomic E-state index is 12.1. The molecule has 0 aliphatic rings. The van der Waals surface area contributed by atoms with Crippen molar-refractivity contribution in [1.82, 2.24) is 0 Å². The molecule has 3 aromatic rings. The van der Waals surface area contributed by atoms with Crippen LogP contribution >= 0.6 is 11.6 Å². The highest BCUT2D eigenvalue weighted by Crippen LogP contribution is 2.22. The molecule has 1 heterocycles. The van der Waals surface area contributed by atoms with Gasteiger partial charge >= 0.3 is 5.97 Å². The van der Waals surface area contributed by atoms with E-state index in [1.54, 1.807) is 30.3 Å². The summed E-state index contributed by atoms with van der Waals surface area (Å²) in [5, 5.41) is 1.41. The van der Waals surface area contributed by atoms with Gasteiger partial charge in [0.2, 0.25) is 5.78 Å². The minimum atomic E-state index is -0.640. The zero-order chi connectivity index (χ0) is 17.8. The van der Waals surface area contributed by atoms with Gasteiger partial charge in [-0.2, -0.15) is 0 Å². The molecule has 0 fully saturated rings. The van der Waals surface area contributed by atoms with Crippen molar-refractivity contribution < 1.29 is 23.5 Å². The Bertz CT molecular complexity index is 895. The van der Waals surface area contributed by atoms with Crippen molar-refractivity contribution in [3.8, 4) is 5.75 Å². The third kappa shape index (κ3) is 4.19. The standard InChI is InChI=1S/C19H15ClO5/c1-12-8-14(20)6-7-16(12)23-11-19(22)24-10-15(21)18-9-13-4-2-3-5-17(13)25-18/h2-9H,10-11H2,1H3. The van der Waals surface area contributed by atoms with Gasteiger partial charge in [-0.25, -0.2) is 4.79 Å². The minimum absolute atomic E-state index is 0.156. The van der Waals surface area contributed by atoms with Crippen molar-refractivity contribution in [2.24, 2.45) is 0 Å². The Morgan fingerprint density at radius 1 is 1.08 bits per heavy atom. The molecule has 0 amide bonds. The summed E-state index contributed by atoms with van der Waals surface area (Å²) in [4.78, 5) is 23.8. The first kappa shape index (κ1) is 17.0. The molecule has 0 atom stereocenters. The van der Waals surface area contributed by atoms with Crippen LogP contribution in [-0.4, -0.2) is 25.0 Å². The van der Waals surface area contributed by atoms with Crippen LogP contribution in [0.2, 0.25) is 5.02 Å². The SMILES string of the molecule is Cc1cc(Cl)ccc1OCC(=O)OCC(=O)c1cc2ccccc2o1. The number of halogens is 1. The molecule has 0 saturated heterocycles. The number of furan rings is 1. The lowest BCUT2D eigenvalue weighted by molar-refractivity contribution is -0.144. The second-order valence-corrected chi connectivity index (χ2v) is 5.87. The number of fused-ring (bicyclic) bond motifs is 1. The van der Waals surface area contributed by atoms with Crippen molar-refractivity contribution >= 4 is 34.3 Å². The van der Waals surface area contributed by atoms with Crippen LogP contribution in [0, 0.1) is 6.92 Å². The van der Waals surface area contributed by atoms with Gasteiger partial charge < -0.3 is 13.9 Å². The van der Waals surface area contributed by atoms with Gasteiger partial charge in [-0.15, -0.1) is 0 Å². The van der Waals surface area contributed by atoms with Gasteiger partial charge in [0.05, 0.1) is 0 Å². The number of carbonyl (C=O) groups is 2. The predicted molar refractivity (Wildman–Crippen MR) is 93.2 cm³/mol. The quantitative estimate of drug-likeness (QED) is 0.488. The fourth-order valence-corrected chi connectivity index (χ4v) is 2.52. The van der Waals surface area contributed by atoms with E-state index in [9.17, 15) is 9.59 Å². The first-order valence-corrected chi connectivity index (χ1v) is 7.97. The topological polar surface area (TPSA) is 65.7 Å². The van der Waals surface area contributed by atoms with E-state index < -0.39 is 18.4 Å². The van der Waals surface area contributed by atoms with Gasteiger partial charge in [0.1, 0.15) is 11.3 Å². The third-order valence-corrected chi connectivity index (χ3v) is 3.78. The van der Waals surface area contributed by atoms with E-state index >= 15 is 0 Å². The van der Waals surface area contributed by atoms with Crippen LogP contribution in [0.5, 0.6) is 5.75 Å². The Hall–Kier alpha value is -2.79. The lowest BCUT2D eigenvalue weighted by atomic mass is 10.2. The van der Waals surface area contributed by atoms with Crippen LogP contribution < -0.4 is 4.74 Å². The molecule has 0 aliphatic carbocycles. The summed E-state index contributed by atoms with van der Waals surface area (Å²) in [6, 6.07) is 14.0. The molecule has 0 bridgehead atoms. The number of carbonyl (C=O) groups excluding carboxylic acids is 2. The molecule has 2 aromatic carbocycles. The highest BCUT2D eigenvalue weighted by molar-refractivity contribution is 6.30. The number of hydrogen-bond donors (Lipinski definition) is 0. The van der Waals surface area contributed by atoms with Crippen LogP contribution in [0.4, 0.5) is 0 Å². The Kier molecular flexibility index (Phi) is 5.05. The average Bonchev–Trinajstić information content (AvgIpc) is 3.03. The van der Waals surface area contributed by atoms with Crippen molar-refractivity contribution in [3.05, 3.63) is 64.9 Å². The highest BCUT2D eigenvalue weighted by Gasteiger charge is 2.15. The number of Topliss-reactive ketones (excluding diaryl/α,β-unsaturated/α-hetero) is 1. The molecular weight excluding hydrogens is 344 g/mol. The molecule has 6 heteroatoms. The Morgan fingerprint density at radius 2 is 1.88 bits per heavy atom. The summed E-state index contributed by atoms with van der Waals surface area (Å²) in [6.07, 6.45) is 0. The molecule has 0 N–H and O–H groups in total. The summed E-state index contributed by atoms with van der Waals surface area (Å²) in [5.74, 6) is -0.362. The molecule has 128 valence electrons. The van der Waals surface area contributed by atoms with E-state index in [0.29, 0.717) is 16.4 Å². The average molecular weight is 359 g/mol. The van der Waals surface area contributed by atoms with Crippen molar-refractivity contribution in [3.63, 3.8) is 0 Å². The van der Waals surface area contributed by atoms with Crippen LogP contribution in [0.15, 0.2) is 52.9 Å². The zero-order valence-electron chi connectivity index (χ0n) is 13.5. The predicted octanol–water partition coefficient (Wildman–Crippen LogP) is 4.20. The van der Waals surface area contributed by atoms with Gasteiger partial charge in [0.25, 0.3) is 0 Å². The van der Waals surface area contributed by atoms with Crippen LogP contribution in [0.25, 0.3) is 11.0 Å². The van der Waals surface area contributed by atoms with E-state index in [-0.39, 0.29) is 12.4 Å². The Morgan fingerprint density at radius 3 is 2.64 bits per heavy atom. The number of ketones is 1. The molecule has 0 saturated carbocycles. The van der Waals surface area contributed by atoms with Gasteiger partial charge in [-0.05, 0) is 42.8 Å². The molecular formula is C19H15ClO5. The highest BCUT2D eigenvalue weighted by atomic mass is 35.5. The lowest BCUT2D eigenvalue weighted by Crippen LogP contribution is -2.19. The lowest BCUT2D eigenvalue weighted by Gasteiger charge is -2.08. The molecule has 0 aliphatic heterocycles. The largest absolute Gasteiger partial charge is 0.482 e. The van der Waals surface area contributed by atoms with Crippen LogP contribution in [-0.2, 0) is 9.53 Å². The molecule has 25 heavy (non-hydrogen) atoms. The molecule has 0 radical (unpaired) electrons. The van der Waals surface area contributed by atoms with Crippen molar-refractivity contribution in [1.29, 1.82) is 0 Å². The second kappa shape index (κ2) is 7.40. The van der Waals surface area contributed by atoms with Gasteiger partial charge in [0.15, 0.2) is 19.0 Å². The summed E-state index contributed by atoms with van der Waals surface area (Å²) in [6.45, 7) is 1.12. The third-order valence-electron chi connectivity index (χ3n) is 3.55. The molecule has 3 rings (SSSR count). The van der Waals surface area contributed by atoms with E-state index in [0.717, 1.165) is 10.9 Å². The van der Waals surface area contributed by atoms with Crippen molar-refractivity contribution in [2.75, 3.05) is 13.2 Å². The number of esters is 1. The van der Waals surface area contributed by atoms with Crippen LogP contribution in [0.3, 0.4) is 0 Å². The Labute approximate surface area is 149 Å². The van der Waals surface area contributed by atoms with Gasteiger partial charge in [-0.1, -0.05) is 29.8 Å². The van der Waals surface area contributed by atoms with Crippen LogP contribution in [0.1, 0.15) is 16.1 Å². The molecule has 1 aromatic heterocycles. The second-order valence-electron chi connectivity index (χ2n) is 5.43. The number of aryl methyl sites for hydroxylation is 1. The minimum Gasteiger partial charge on any atom is -0.482 e. The van der Waals surface area contributed by atoms with Gasteiger partial charge in [0, 0.05) is 10.4 Å². The summed E-state index contributed by atoms with van der Waals surface area (Å²) < 4.78 is 15.7. The summed E-state index contributed by atoms with van der Waals surface area (Å²) in [7, 11) is 0. The summed E-state index contributed by atoms with van der Waals surface area (Å²) >= 11 is 5.86. The normalized spacial score (nSPS) is 10.6. The molecule has 0 unspecified atom stereocenters. The molecule has 0 spiro atoms. The summed E-state index contributed by atoms with van der Waals surface area (Å²) in [5.41, 5.74) is 1.41. The first-order valence-electron chi connectivity index (χ1n) is 7.59. The van der Waals surface area contributed by atoms with E-state index in [4.69, 9.17) is 25.5 Å². The van der Waals surface area contributed by atoms with E-state index in [1.165, 1.54) is 0 Å². The molecule has 5 nitrogen and oxygen atoms in total. The number of para-hydroxylation sites is 1. The first-order chi connectivity index (χ1) is 12.0. The maximum absolute atomic E-state index is 12.1. The Balaban J connectivity index is 1.52. The maximum Gasteiger partial charge on any atom is 0.344 e. The van der Waals surface area contributed by atoms with Crippen molar-refractivity contribution in [2.45, 2.75) is 6.92 Å². The zero-order valence-corrected chi connectivity index (χ0v) is 14.2. The fraction of sp³-hybridized carbons (Fsp3) is 0.158.